The monoisotopic (exact) mass is 271 g/mol. The van der Waals surface area contributed by atoms with Crippen LogP contribution in [-0.2, 0) is 0 Å². The third-order valence-corrected chi connectivity index (χ3v) is 0. The van der Waals surface area contributed by atoms with E-state index in [1.54, 1.807) is 0 Å². The maximum atomic E-state index is 0. The fraction of sp³-hybridized carbons (Fsp3) is 0. The van der Waals surface area contributed by atoms with E-state index in [2.05, 4.69) is 0 Å². The summed E-state index contributed by atoms with van der Waals surface area (Å²) in [4.78, 5) is 0. The fourth-order valence-corrected chi connectivity index (χ4v) is 0. The zero-order valence-electron chi connectivity index (χ0n) is 1.08. The van der Waals surface area contributed by atoms with Crippen molar-refractivity contribution >= 4 is 56.3 Å². The predicted molar refractivity (Wildman–Crippen MR) is 28.9 cm³/mol. The van der Waals surface area contributed by atoms with Crippen molar-refractivity contribution < 1.29 is 35.6 Å². The summed E-state index contributed by atoms with van der Waals surface area (Å²) in [6, 6.07) is 0. The zero-order valence-corrected chi connectivity index (χ0v) is 5.70. The van der Waals surface area contributed by atoms with Gasteiger partial charge in [0.05, 0.1) is 0 Å². The maximum absolute atomic E-state index is 0. The van der Waals surface area contributed by atoms with Crippen LogP contribution in [0.5, 0.6) is 0 Å². The van der Waals surface area contributed by atoms with E-state index < -0.39 is 0 Å². The Morgan fingerprint density at radius 2 is 1.00 bits per heavy atom. The quantitative estimate of drug-likeness (QED) is 0.448. The van der Waals surface area contributed by atoms with Gasteiger partial charge in [0, 0.05) is 35.6 Å². The third-order valence-electron chi connectivity index (χ3n) is 0. The van der Waals surface area contributed by atoms with Crippen molar-refractivity contribution in [3.63, 3.8) is 0 Å². The molecular formula is H7GaLaMgS. The van der Waals surface area contributed by atoms with Crippen molar-refractivity contribution in [2.45, 2.75) is 0 Å². The molecule has 0 nitrogen and oxygen atoms in total. The molecule has 21 valence electrons. The topological polar surface area (TPSA) is 0 Å². The van der Waals surface area contributed by atoms with Crippen LogP contribution in [0, 0.1) is 35.6 Å². The summed E-state index contributed by atoms with van der Waals surface area (Å²) in [5.41, 5.74) is 0. The summed E-state index contributed by atoms with van der Waals surface area (Å²) in [5, 5.41) is 0. The Balaban J connectivity index is 0. The molecule has 0 aromatic rings. The molecule has 0 rings (SSSR count). The van der Waals surface area contributed by atoms with Crippen LogP contribution in [-0.4, -0.2) is 42.8 Å². The first-order valence-corrected chi connectivity index (χ1v) is 0. The largest absolute Gasteiger partial charge is 0.316 e. The molecule has 0 unspecified atom stereocenters. The Hall–Kier alpha value is 2.95. The second kappa shape index (κ2) is 16.8. The molecule has 0 bridgehead atoms. The van der Waals surface area contributed by atoms with Gasteiger partial charge in [-0.1, -0.05) is 0 Å². The second-order valence-electron chi connectivity index (χ2n) is 0. The molecule has 0 heterocycles. The summed E-state index contributed by atoms with van der Waals surface area (Å²) in [5.74, 6) is 0. The predicted octanol–water partition coefficient (Wildman–Crippen LogP) is -1.99. The molecule has 0 aliphatic carbocycles. The van der Waals surface area contributed by atoms with Gasteiger partial charge in [-0.05, 0) is 0 Å². The SMILES string of the molecule is S.[GaH3].[La].[MgH2]. The van der Waals surface area contributed by atoms with Gasteiger partial charge in [0.15, 0.2) is 0 Å². The van der Waals surface area contributed by atoms with Crippen LogP contribution in [0.2, 0.25) is 0 Å². The summed E-state index contributed by atoms with van der Waals surface area (Å²) in [7, 11) is 0. The number of hydrogen-bond donors (Lipinski definition) is 0. The van der Waals surface area contributed by atoms with Gasteiger partial charge in [-0.25, -0.2) is 0 Å². The van der Waals surface area contributed by atoms with E-state index >= 15 is 0 Å². The molecule has 0 N–H and O–H groups in total. The smallest absolute Gasteiger partial charge is 0 e. The van der Waals surface area contributed by atoms with Gasteiger partial charge in [0.2, 0.25) is 0 Å². The van der Waals surface area contributed by atoms with Gasteiger partial charge in [0.1, 0.15) is 0 Å². The van der Waals surface area contributed by atoms with Crippen LogP contribution in [0.25, 0.3) is 0 Å². The number of hydrogen-bond acceptors (Lipinski definition) is 0. The molecule has 0 atom stereocenters. The molecule has 0 aliphatic rings. The van der Waals surface area contributed by atoms with Crippen molar-refractivity contribution in [2.24, 2.45) is 0 Å². The third kappa shape index (κ3) is 8.87. The van der Waals surface area contributed by atoms with E-state index in [0.29, 0.717) is 0 Å². The van der Waals surface area contributed by atoms with Gasteiger partial charge in [-0.2, -0.15) is 13.5 Å². The van der Waals surface area contributed by atoms with Crippen molar-refractivity contribution in [1.82, 2.24) is 0 Å². The molecule has 0 fully saturated rings. The van der Waals surface area contributed by atoms with Gasteiger partial charge in [-0.15, -0.1) is 0 Å². The van der Waals surface area contributed by atoms with E-state index in [1.807, 2.05) is 0 Å². The van der Waals surface area contributed by atoms with Crippen molar-refractivity contribution in [3.8, 4) is 0 Å². The Kier molecular flexibility index (Phi) is 119. The van der Waals surface area contributed by atoms with Crippen molar-refractivity contribution in [1.29, 1.82) is 0 Å². The molecule has 0 aromatic heterocycles. The van der Waals surface area contributed by atoms with Crippen LogP contribution in [0.4, 0.5) is 0 Å². The summed E-state index contributed by atoms with van der Waals surface area (Å²) in [6.07, 6.45) is 0. The minimum absolute atomic E-state index is 0. The number of rotatable bonds is 0. The van der Waals surface area contributed by atoms with E-state index in [9.17, 15) is 0 Å². The molecule has 0 saturated heterocycles. The molecule has 0 aliphatic heterocycles. The summed E-state index contributed by atoms with van der Waals surface area (Å²) in [6.45, 7) is 0. The molecule has 4 heavy (non-hydrogen) atoms. The molecular weight excluding hydrogens is 265 g/mol. The average Bonchev–Trinajstić information content (AvgIpc) is 0. The summed E-state index contributed by atoms with van der Waals surface area (Å²) < 4.78 is 0. The molecule has 0 aromatic carbocycles. The van der Waals surface area contributed by atoms with Gasteiger partial charge >= 0.3 is 42.8 Å². The van der Waals surface area contributed by atoms with Crippen LogP contribution in [0.15, 0.2) is 0 Å². The first kappa shape index (κ1) is 28.3. The van der Waals surface area contributed by atoms with Crippen LogP contribution < -0.4 is 0 Å². The van der Waals surface area contributed by atoms with Crippen LogP contribution in [0.3, 0.4) is 0 Å². The van der Waals surface area contributed by atoms with Crippen molar-refractivity contribution in [2.75, 3.05) is 0 Å². The van der Waals surface area contributed by atoms with E-state index in [1.165, 1.54) is 0 Å². The molecule has 4 heteroatoms. The Bertz CT molecular complexity index is 8.00. The molecule has 0 amide bonds. The Morgan fingerprint density at radius 3 is 1.00 bits per heavy atom. The van der Waals surface area contributed by atoms with Gasteiger partial charge in [0.25, 0.3) is 0 Å². The minimum atomic E-state index is 0. The summed E-state index contributed by atoms with van der Waals surface area (Å²) >= 11 is 0. The van der Waals surface area contributed by atoms with E-state index in [0.717, 1.165) is 0 Å². The average molecular weight is 272 g/mol. The second-order valence-corrected chi connectivity index (χ2v) is 0. The first-order valence-electron chi connectivity index (χ1n) is 0. The molecule has 0 saturated carbocycles. The fourth-order valence-electron chi connectivity index (χ4n) is 0. The zero-order chi connectivity index (χ0) is 0. The maximum Gasteiger partial charge on any atom is 0.316 e. The first-order chi connectivity index (χ1) is 0. The Morgan fingerprint density at radius 1 is 1.00 bits per heavy atom. The van der Waals surface area contributed by atoms with E-state index in [4.69, 9.17) is 0 Å². The Labute approximate surface area is 90.1 Å². The van der Waals surface area contributed by atoms with E-state index in [-0.39, 0.29) is 91.9 Å². The molecule has 1 radical (unpaired) electrons. The van der Waals surface area contributed by atoms with Crippen LogP contribution >= 0.6 is 13.5 Å². The van der Waals surface area contributed by atoms with Gasteiger partial charge in [-0.3, -0.25) is 0 Å². The van der Waals surface area contributed by atoms with Crippen LogP contribution in [0.1, 0.15) is 0 Å². The standard InChI is InChI=1S/Ga.La.Mg.H2S.5H/h;;;1H2;;;;;. The normalized spacial score (nSPS) is 0. The minimum Gasteiger partial charge on any atom is 0 e. The molecule has 0 spiro atoms. The van der Waals surface area contributed by atoms with Crippen molar-refractivity contribution in [3.05, 3.63) is 0 Å². The van der Waals surface area contributed by atoms with Gasteiger partial charge < -0.3 is 0 Å².